The van der Waals surface area contributed by atoms with Crippen molar-refractivity contribution in [3.63, 3.8) is 0 Å². The Morgan fingerprint density at radius 1 is 0.830 bits per heavy atom. The van der Waals surface area contributed by atoms with Gasteiger partial charge in [0.1, 0.15) is 17.3 Å². The number of anilines is 2. The molecule has 0 bridgehead atoms. The maximum atomic E-state index is 16.0. The van der Waals surface area contributed by atoms with Gasteiger partial charge in [-0.05, 0) is 71.8 Å². The van der Waals surface area contributed by atoms with Crippen LogP contribution in [0.15, 0.2) is 84.9 Å². The number of nitrogens with zero attached hydrogens (tertiary/aromatic N) is 3. The molecular weight excluding hydrogens is 591 g/mol. The van der Waals surface area contributed by atoms with Crippen LogP contribution in [-0.2, 0) is 6.54 Å². The van der Waals surface area contributed by atoms with Gasteiger partial charge < -0.3 is 25.0 Å². The van der Waals surface area contributed by atoms with Gasteiger partial charge in [-0.1, -0.05) is 42.5 Å². The van der Waals surface area contributed by atoms with Crippen molar-refractivity contribution in [2.24, 2.45) is 5.92 Å². The number of halogens is 1. The molecule has 0 saturated carbocycles. The Labute approximate surface area is 275 Å². The normalized spacial score (nSPS) is 21.6. The highest BCUT2D eigenvalue weighted by Gasteiger charge is 2.34. The van der Waals surface area contributed by atoms with Gasteiger partial charge in [-0.3, -0.25) is 9.69 Å². The monoisotopic (exact) mass is 632 g/mol. The van der Waals surface area contributed by atoms with E-state index in [9.17, 15) is 9.90 Å². The Balaban J connectivity index is 0.898. The number of amides is 1. The molecule has 47 heavy (non-hydrogen) atoms. The van der Waals surface area contributed by atoms with E-state index in [1.807, 2.05) is 36.4 Å². The minimum absolute atomic E-state index is 0.0304. The Bertz CT molecular complexity index is 1770. The Morgan fingerprint density at radius 3 is 2.43 bits per heavy atom. The number of phenols is 1. The molecule has 2 fully saturated rings. The van der Waals surface area contributed by atoms with Crippen LogP contribution in [0.5, 0.6) is 11.5 Å². The summed E-state index contributed by atoms with van der Waals surface area (Å²) in [4.78, 5) is 19.1. The zero-order chi connectivity index (χ0) is 31.9. The maximum absolute atomic E-state index is 16.0. The summed E-state index contributed by atoms with van der Waals surface area (Å²) in [5, 5.41) is 13.0. The summed E-state index contributed by atoms with van der Waals surface area (Å²) in [7, 11) is 0. The van der Waals surface area contributed by atoms with E-state index >= 15 is 4.39 Å². The first-order valence-corrected chi connectivity index (χ1v) is 16.9. The minimum Gasteiger partial charge on any atom is -0.508 e. The van der Waals surface area contributed by atoms with Crippen LogP contribution in [0.2, 0.25) is 0 Å². The quantitative estimate of drug-likeness (QED) is 0.267. The van der Waals surface area contributed by atoms with Gasteiger partial charge >= 0.3 is 0 Å². The number of benzene rings is 4. The molecule has 0 spiro atoms. The van der Waals surface area contributed by atoms with Gasteiger partial charge in [-0.2, -0.15) is 0 Å². The molecule has 0 aliphatic carbocycles. The lowest BCUT2D eigenvalue weighted by Gasteiger charge is -2.40. The molecule has 0 radical (unpaired) electrons. The molecule has 4 heterocycles. The number of piperazine rings is 1. The number of carbonyl (C=O) groups is 1. The van der Waals surface area contributed by atoms with Crippen LogP contribution < -0.4 is 19.9 Å². The van der Waals surface area contributed by atoms with Gasteiger partial charge in [0.25, 0.3) is 5.91 Å². The minimum atomic E-state index is -0.178. The number of piperidine rings is 1. The molecule has 2 atom stereocenters. The Morgan fingerprint density at radius 2 is 1.64 bits per heavy atom. The van der Waals surface area contributed by atoms with E-state index in [-0.39, 0.29) is 29.3 Å². The molecule has 2 N–H and O–H groups in total. The number of rotatable bonds is 6. The number of nitrogens with one attached hydrogen (secondary N) is 1. The van der Waals surface area contributed by atoms with Gasteiger partial charge in [0.15, 0.2) is 0 Å². The topological polar surface area (TPSA) is 68.3 Å². The number of fused-ring (bicyclic) bond motifs is 2. The first-order chi connectivity index (χ1) is 23.0. The standard InChI is InChI=1S/C39H41FN4O3/c40-35-21-28(38-33-10-8-31(45)22-37(33)47-25-34(38)27-4-2-1-3-5-27)6-11-36(35)44-14-12-26(13-15-44)24-42-16-18-43(19-17-42)30-7-9-32-29(20-30)23-41-39(32)46/h1-11,20-22,26,34,38,45H,12-19,23-25H2,(H,41,46)/t34-,38?/m1/s1. The van der Waals surface area contributed by atoms with E-state index in [2.05, 4.69) is 50.3 Å². The number of carbonyl (C=O) groups excluding carboxylic acids is 1. The summed E-state index contributed by atoms with van der Waals surface area (Å²) >= 11 is 0. The summed E-state index contributed by atoms with van der Waals surface area (Å²) in [6, 6.07) is 27.5. The molecule has 1 amide bonds. The number of ether oxygens (including phenoxy) is 1. The third-order valence-electron chi connectivity index (χ3n) is 10.7. The van der Waals surface area contributed by atoms with Crippen LogP contribution in [0.4, 0.5) is 15.8 Å². The number of phenolic OH excluding ortho intramolecular Hbond substituents is 1. The van der Waals surface area contributed by atoms with Crippen molar-refractivity contribution in [1.29, 1.82) is 0 Å². The van der Waals surface area contributed by atoms with Crippen LogP contribution in [0.3, 0.4) is 0 Å². The van der Waals surface area contributed by atoms with Crippen molar-refractivity contribution < 1.29 is 19.0 Å². The highest BCUT2D eigenvalue weighted by atomic mass is 19.1. The molecule has 7 nitrogen and oxygen atoms in total. The lowest BCUT2D eigenvalue weighted by atomic mass is 9.76. The van der Waals surface area contributed by atoms with Crippen molar-refractivity contribution in [3.05, 3.63) is 119 Å². The van der Waals surface area contributed by atoms with E-state index in [0.29, 0.717) is 30.5 Å². The second-order valence-corrected chi connectivity index (χ2v) is 13.5. The van der Waals surface area contributed by atoms with Gasteiger partial charge in [-0.25, -0.2) is 4.39 Å². The summed E-state index contributed by atoms with van der Waals surface area (Å²) in [5.41, 5.74) is 6.84. The van der Waals surface area contributed by atoms with E-state index < -0.39 is 0 Å². The molecule has 2 saturated heterocycles. The maximum Gasteiger partial charge on any atom is 0.251 e. The van der Waals surface area contributed by atoms with Gasteiger partial charge in [0.2, 0.25) is 0 Å². The summed E-state index contributed by atoms with van der Waals surface area (Å²) in [5.74, 6) is 1.24. The average Bonchev–Trinajstić information content (AvgIpc) is 3.48. The van der Waals surface area contributed by atoms with Crippen molar-refractivity contribution >= 4 is 17.3 Å². The molecule has 0 aromatic heterocycles. The van der Waals surface area contributed by atoms with Gasteiger partial charge in [0.05, 0.1) is 12.3 Å². The Hall–Kier alpha value is -4.56. The third-order valence-corrected chi connectivity index (χ3v) is 10.7. The first-order valence-electron chi connectivity index (χ1n) is 16.9. The van der Waals surface area contributed by atoms with Crippen LogP contribution >= 0.6 is 0 Å². The molecule has 4 aliphatic heterocycles. The van der Waals surface area contributed by atoms with Crippen molar-refractivity contribution in [1.82, 2.24) is 10.2 Å². The van der Waals surface area contributed by atoms with Gasteiger partial charge in [0, 0.05) is 87.1 Å². The van der Waals surface area contributed by atoms with E-state index in [4.69, 9.17) is 4.74 Å². The molecule has 242 valence electrons. The van der Waals surface area contributed by atoms with Crippen LogP contribution in [0.25, 0.3) is 0 Å². The molecule has 4 aromatic rings. The van der Waals surface area contributed by atoms with Crippen LogP contribution in [-0.4, -0.2) is 68.3 Å². The third kappa shape index (κ3) is 5.91. The predicted octanol–water partition coefficient (Wildman–Crippen LogP) is 6.12. The van der Waals surface area contributed by atoms with E-state index in [0.717, 1.165) is 86.5 Å². The fourth-order valence-electron chi connectivity index (χ4n) is 8.10. The van der Waals surface area contributed by atoms with E-state index in [1.165, 1.54) is 5.69 Å². The highest BCUT2D eigenvalue weighted by Crippen LogP contribution is 2.47. The lowest BCUT2D eigenvalue weighted by Crippen LogP contribution is -2.49. The smallest absolute Gasteiger partial charge is 0.251 e. The molecule has 8 rings (SSSR count). The average molecular weight is 633 g/mol. The molecule has 4 aromatic carbocycles. The molecule has 8 heteroatoms. The SMILES string of the molecule is O=C1NCc2cc(N3CCN(CC4CCN(c5ccc(C6c7ccc(O)cc7OC[C@@H]6c6ccccc6)cc5F)CC4)CC3)ccc21. The fraction of sp³-hybridized carbons (Fsp3) is 0.359. The largest absolute Gasteiger partial charge is 0.508 e. The highest BCUT2D eigenvalue weighted by molar-refractivity contribution is 5.98. The van der Waals surface area contributed by atoms with Gasteiger partial charge in [-0.15, -0.1) is 0 Å². The molecule has 1 unspecified atom stereocenters. The van der Waals surface area contributed by atoms with Crippen molar-refractivity contribution in [2.45, 2.75) is 31.2 Å². The number of hydrogen-bond acceptors (Lipinski definition) is 6. The lowest BCUT2D eigenvalue weighted by molar-refractivity contribution is 0.0965. The van der Waals surface area contributed by atoms with Crippen molar-refractivity contribution in [3.8, 4) is 11.5 Å². The fourth-order valence-corrected chi connectivity index (χ4v) is 8.10. The zero-order valence-electron chi connectivity index (χ0n) is 26.6. The summed E-state index contributed by atoms with van der Waals surface area (Å²) in [6.45, 7) is 7.92. The molecule has 4 aliphatic rings. The zero-order valence-corrected chi connectivity index (χ0v) is 26.6. The molecular formula is C39H41FN4O3. The second kappa shape index (κ2) is 12.6. The summed E-state index contributed by atoms with van der Waals surface area (Å²) in [6.07, 6.45) is 2.11. The van der Waals surface area contributed by atoms with Crippen molar-refractivity contribution in [2.75, 3.05) is 62.2 Å². The second-order valence-electron chi connectivity index (χ2n) is 13.5. The first kappa shape index (κ1) is 29.8. The summed E-state index contributed by atoms with van der Waals surface area (Å²) < 4.78 is 22.1. The van der Waals surface area contributed by atoms with Crippen LogP contribution in [0, 0.1) is 11.7 Å². The number of hydrogen-bond donors (Lipinski definition) is 2. The number of aromatic hydroxyl groups is 1. The predicted molar refractivity (Wildman–Crippen MR) is 182 cm³/mol. The van der Waals surface area contributed by atoms with Crippen LogP contribution in [0.1, 0.15) is 57.3 Å². The Kier molecular flexibility index (Phi) is 7.97. The van der Waals surface area contributed by atoms with E-state index in [1.54, 1.807) is 18.2 Å².